The average Bonchev–Trinajstić information content (AvgIpc) is 2.69. The Kier molecular flexibility index (Phi) is 7.53. The lowest BCUT2D eigenvalue weighted by molar-refractivity contribution is -0.355. The monoisotopic (exact) mass is 385 g/mol. The Morgan fingerprint density at radius 2 is 1.46 bits per heavy atom. The minimum Gasteiger partial charge on any atom is -0.548 e. The highest BCUT2D eigenvalue weighted by atomic mass is 16.4. The van der Waals surface area contributed by atoms with E-state index in [-0.39, 0.29) is 25.1 Å². The van der Waals surface area contributed by atoms with E-state index in [1.807, 2.05) is 30.3 Å². The molecule has 2 rings (SSSR count). The van der Waals surface area contributed by atoms with Gasteiger partial charge in [-0.2, -0.15) is 0 Å². The molecule has 2 aromatic carbocycles. The van der Waals surface area contributed by atoms with Crippen LogP contribution in [-0.2, 0) is 27.2 Å². The number of phenols is 1. The number of carbonyl (C=O) groups excluding carboxylic acids is 3. The summed E-state index contributed by atoms with van der Waals surface area (Å²) in [5.41, 5.74) is 4.91. The third kappa shape index (κ3) is 6.40. The van der Waals surface area contributed by atoms with Gasteiger partial charge in [0.1, 0.15) is 11.8 Å². The molecule has 0 radical (unpaired) electrons. The van der Waals surface area contributed by atoms with Crippen molar-refractivity contribution in [1.29, 1.82) is 0 Å². The summed E-state index contributed by atoms with van der Waals surface area (Å²) in [6, 6.07) is 12.8. The summed E-state index contributed by atoms with van der Waals surface area (Å²) in [6.45, 7) is -0.0456. The molecule has 0 aliphatic rings. The summed E-state index contributed by atoms with van der Waals surface area (Å²) in [5, 5.41) is 25.8. The van der Waals surface area contributed by atoms with Gasteiger partial charge in [-0.15, -0.1) is 0 Å². The number of aromatic hydroxyl groups is 1. The Bertz CT molecular complexity index is 808. The maximum absolute atomic E-state index is 12.7. The van der Waals surface area contributed by atoms with E-state index in [0.29, 0.717) is 5.56 Å². The molecule has 8 nitrogen and oxygen atoms in total. The minimum absolute atomic E-state index is 0.0182. The largest absolute Gasteiger partial charge is 0.548 e. The van der Waals surface area contributed by atoms with Crippen LogP contribution in [-0.4, -0.2) is 41.5 Å². The van der Waals surface area contributed by atoms with Crippen LogP contribution in [0.25, 0.3) is 0 Å². The van der Waals surface area contributed by atoms with Gasteiger partial charge in [0.2, 0.25) is 5.91 Å². The van der Waals surface area contributed by atoms with E-state index in [4.69, 9.17) is 0 Å². The molecule has 0 saturated carbocycles. The van der Waals surface area contributed by atoms with Crippen LogP contribution >= 0.6 is 0 Å². The van der Waals surface area contributed by atoms with Gasteiger partial charge in [-0.05, 0) is 29.7 Å². The van der Waals surface area contributed by atoms with Gasteiger partial charge in [0.05, 0.1) is 12.0 Å². The smallest absolute Gasteiger partial charge is 0.275 e. The second-order valence-corrected chi connectivity index (χ2v) is 6.31. The lowest BCUT2D eigenvalue weighted by Crippen LogP contribution is -2.61. The van der Waals surface area contributed by atoms with Crippen molar-refractivity contribution in [3.63, 3.8) is 0 Å². The molecule has 0 heterocycles. The molecule has 2 unspecified atom stereocenters. The van der Waals surface area contributed by atoms with E-state index in [2.05, 4.69) is 16.4 Å². The van der Waals surface area contributed by atoms with E-state index in [0.717, 1.165) is 5.56 Å². The standard InChI is InChI=1S/C20H23N3O5/c21-12-18(25)22-16(10-13-4-2-1-3-5-13)19(26)23-17(20(27)28)11-14-6-8-15(24)9-7-14/h1-9,16-17,24H,10-12,21H2,(H,22,25)(H,23,26)(H,27,28). The van der Waals surface area contributed by atoms with Gasteiger partial charge in [-0.1, -0.05) is 42.5 Å². The third-order valence-electron chi connectivity index (χ3n) is 4.14. The summed E-state index contributed by atoms with van der Waals surface area (Å²) in [6.07, 6.45) is 0.188. The second kappa shape index (κ2) is 10.1. The van der Waals surface area contributed by atoms with E-state index < -0.39 is 29.9 Å². The van der Waals surface area contributed by atoms with Crippen molar-refractivity contribution in [3.8, 4) is 5.75 Å². The number of phenolic OH excluding ortho intramolecular Hbond substituents is 1. The quantitative estimate of drug-likeness (QED) is 0.400. The maximum atomic E-state index is 12.7. The first-order valence-electron chi connectivity index (χ1n) is 8.80. The van der Waals surface area contributed by atoms with Crippen LogP contribution in [0.3, 0.4) is 0 Å². The molecule has 0 aliphatic heterocycles. The summed E-state index contributed by atoms with van der Waals surface area (Å²) in [7, 11) is 0. The molecule has 148 valence electrons. The van der Waals surface area contributed by atoms with Gasteiger partial charge in [-0.25, -0.2) is 0 Å². The van der Waals surface area contributed by atoms with E-state index >= 15 is 0 Å². The summed E-state index contributed by atoms with van der Waals surface area (Å²) in [4.78, 5) is 35.9. The van der Waals surface area contributed by atoms with Crippen LogP contribution < -0.4 is 21.5 Å². The molecule has 0 aromatic heterocycles. The van der Waals surface area contributed by atoms with Crippen LogP contribution in [0.5, 0.6) is 5.75 Å². The van der Waals surface area contributed by atoms with Gasteiger partial charge < -0.3 is 31.4 Å². The number of benzene rings is 2. The number of aliphatic carboxylic acids is 1. The Morgan fingerprint density at radius 3 is 2.04 bits per heavy atom. The van der Waals surface area contributed by atoms with Crippen LogP contribution in [0.15, 0.2) is 54.6 Å². The highest BCUT2D eigenvalue weighted by Gasteiger charge is 2.24. The normalized spacial score (nSPS) is 12.6. The number of nitrogens with one attached hydrogen (secondary N) is 2. The van der Waals surface area contributed by atoms with Crippen molar-refractivity contribution in [1.82, 2.24) is 10.6 Å². The fraction of sp³-hybridized carbons (Fsp3) is 0.250. The van der Waals surface area contributed by atoms with E-state index in [9.17, 15) is 24.6 Å². The molecule has 2 amide bonds. The molecule has 6 N–H and O–H groups in total. The zero-order valence-corrected chi connectivity index (χ0v) is 15.3. The summed E-state index contributed by atoms with van der Waals surface area (Å²) < 4.78 is 0. The number of carboxylic acid groups (broad SMARTS) is 1. The third-order valence-corrected chi connectivity index (χ3v) is 4.14. The van der Waals surface area contributed by atoms with E-state index in [1.165, 1.54) is 12.1 Å². The molecule has 0 spiro atoms. The summed E-state index contributed by atoms with van der Waals surface area (Å²) in [5.74, 6) is -2.43. The maximum Gasteiger partial charge on any atom is 0.275 e. The molecular weight excluding hydrogens is 362 g/mol. The Labute approximate surface area is 162 Å². The van der Waals surface area contributed by atoms with Gasteiger partial charge in [0.15, 0.2) is 6.54 Å². The second-order valence-electron chi connectivity index (χ2n) is 6.31. The Morgan fingerprint density at radius 1 is 0.893 bits per heavy atom. The molecule has 2 atom stereocenters. The fourth-order valence-corrected chi connectivity index (χ4v) is 2.66. The van der Waals surface area contributed by atoms with Gasteiger partial charge in [0, 0.05) is 6.42 Å². The molecule has 0 saturated heterocycles. The highest BCUT2D eigenvalue weighted by Crippen LogP contribution is 2.11. The molecular formula is C20H23N3O5. The number of hydrogen-bond donors (Lipinski definition) is 4. The SMILES string of the molecule is [NH3+]CC(=O)NC(Cc1ccccc1)C(=O)NC(Cc1ccc(O)cc1)C(=O)[O-]. The molecule has 8 heteroatoms. The van der Waals surface area contributed by atoms with Crippen LogP contribution in [0, 0.1) is 0 Å². The Balaban J connectivity index is 2.12. The molecule has 0 fully saturated rings. The molecule has 0 aliphatic carbocycles. The first-order valence-corrected chi connectivity index (χ1v) is 8.80. The first-order chi connectivity index (χ1) is 13.4. The molecule has 28 heavy (non-hydrogen) atoms. The molecule has 2 aromatic rings. The average molecular weight is 385 g/mol. The summed E-state index contributed by atoms with van der Waals surface area (Å²) >= 11 is 0. The van der Waals surface area contributed by atoms with Crippen molar-refractivity contribution >= 4 is 17.8 Å². The minimum atomic E-state index is -1.44. The van der Waals surface area contributed by atoms with Crippen molar-refractivity contribution in [2.45, 2.75) is 24.9 Å². The highest BCUT2D eigenvalue weighted by molar-refractivity contribution is 5.90. The van der Waals surface area contributed by atoms with E-state index in [1.54, 1.807) is 12.1 Å². The molecule has 0 bridgehead atoms. The number of hydrogen-bond acceptors (Lipinski definition) is 5. The number of carbonyl (C=O) groups is 3. The van der Waals surface area contributed by atoms with Crippen LogP contribution in [0.2, 0.25) is 0 Å². The van der Waals surface area contributed by atoms with Gasteiger partial charge >= 0.3 is 0 Å². The van der Waals surface area contributed by atoms with Crippen LogP contribution in [0.4, 0.5) is 0 Å². The lowest BCUT2D eigenvalue weighted by Gasteiger charge is -2.24. The van der Waals surface area contributed by atoms with Gasteiger partial charge in [0.25, 0.3) is 5.91 Å². The van der Waals surface area contributed by atoms with Crippen molar-refractivity contribution < 1.29 is 30.3 Å². The fourth-order valence-electron chi connectivity index (χ4n) is 2.66. The van der Waals surface area contributed by atoms with Gasteiger partial charge in [-0.3, -0.25) is 9.59 Å². The number of rotatable bonds is 9. The van der Waals surface area contributed by atoms with Crippen LogP contribution in [0.1, 0.15) is 11.1 Å². The predicted octanol–water partition coefficient (Wildman–Crippen LogP) is -1.86. The zero-order valence-electron chi connectivity index (χ0n) is 15.3. The topological polar surface area (TPSA) is 146 Å². The number of quaternary nitrogens is 1. The van der Waals surface area contributed by atoms with Crippen molar-refractivity contribution in [2.24, 2.45) is 0 Å². The number of carboxylic acids is 1. The van der Waals surface area contributed by atoms with Crippen molar-refractivity contribution in [3.05, 3.63) is 65.7 Å². The lowest BCUT2D eigenvalue weighted by atomic mass is 10.0. The zero-order chi connectivity index (χ0) is 20.5. The van der Waals surface area contributed by atoms with Crippen molar-refractivity contribution in [2.75, 3.05) is 6.54 Å². The number of amides is 2. The first kappa shape index (κ1) is 20.9. The predicted molar refractivity (Wildman–Crippen MR) is 98.6 cm³/mol. The Hall–Kier alpha value is -3.39.